The SMILES string of the molecule is CCCCC(NC(=O)C(CCCCNC(=O)CCC(=O)Nc1ccc(C(=N)N)cc1)NC(=O)C(Cc1ccc(O)cc1)N(C)C(=O)C(CO)NC(=O)C(Cc1cccnc1)NC(=O)C(Cc1ccc(Cl)cc1)NC(=O)C(Cc1ccc2ccccc2c1)NC(C)=O)C(=O)NC(CCCCNC(C)C)C(=O)N1CCCC1C(=O)N(C)CC(N)=O. The number of unbranched alkanes of at least 4 members (excludes halogenated alkanes) is 3. The number of amides is 13. The van der Waals surface area contributed by atoms with E-state index in [2.05, 4.69) is 58.2 Å². The number of hydrogen-bond acceptors (Lipinski definition) is 18. The van der Waals surface area contributed by atoms with Gasteiger partial charge in [0.15, 0.2) is 0 Å². The number of nitrogens with zero attached hydrogens (tertiary/aromatic N) is 4. The number of phenolic OH excluding ortho intramolecular Hbond substituents is 1. The van der Waals surface area contributed by atoms with Crippen molar-refractivity contribution in [3.05, 3.63) is 173 Å². The molecule has 9 atom stereocenters. The molecule has 1 fully saturated rings. The summed E-state index contributed by atoms with van der Waals surface area (Å²) in [6.07, 6.45) is 4.91. The number of carbonyl (C=O) groups is 13. The minimum absolute atomic E-state index is 0.0210. The number of fused-ring (bicyclic) bond motifs is 1. The number of nitrogens with two attached hydrogens (primary N) is 2. The van der Waals surface area contributed by atoms with Crippen LogP contribution in [0.15, 0.2) is 140 Å². The molecule has 634 valence electrons. The minimum atomic E-state index is -1.85. The summed E-state index contributed by atoms with van der Waals surface area (Å²) in [5.74, 6) is -9.80. The van der Waals surface area contributed by atoms with Gasteiger partial charge in [-0.3, -0.25) is 72.7 Å². The van der Waals surface area contributed by atoms with E-state index in [0.29, 0.717) is 77.2 Å². The van der Waals surface area contributed by atoms with Crippen molar-refractivity contribution in [2.45, 2.75) is 197 Å². The van der Waals surface area contributed by atoms with Crippen molar-refractivity contribution in [1.82, 2.24) is 67.5 Å². The lowest BCUT2D eigenvalue weighted by Gasteiger charge is -2.33. The zero-order valence-electron chi connectivity index (χ0n) is 67.6. The number of benzene rings is 5. The van der Waals surface area contributed by atoms with Gasteiger partial charge in [0.05, 0.1) is 13.2 Å². The van der Waals surface area contributed by atoms with E-state index in [1.54, 1.807) is 60.7 Å². The lowest BCUT2D eigenvalue weighted by molar-refractivity contribution is -0.146. The van der Waals surface area contributed by atoms with Crippen LogP contribution >= 0.6 is 11.6 Å². The number of nitrogen functional groups attached to an aromatic ring is 1. The maximum atomic E-state index is 15.4. The number of carbonyl (C=O) groups excluding carboxylic acids is 13. The van der Waals surface area contributed by atoms with Crippen LogP contribution < -0.4 is 64.6 Å². The summed E-state index contributed by atoms with van der Waals surface area (Å²) in [5, 5.41) is 59.6. The molecule has 17 N–H and O–H groups in total. The number of primary amides is 1. The Morgan fingerprint density at radius 1 is 0.585 bits per heavy atom. The molecule has 5 aromatic carbocycles. The van der Waals surface area contributed by atoms with Gasteiger partial charge in [0, 0.05) is 107 Å². The predicted octanol–water partition coefficient (Wildman–Crippen LogP) is 3.38. The van der Waals surface area contributed by atoms with Crippen LogP contribution in [-0.2, 0) is 88.0 Å². The summed E-state index contributed by atoms with van der Waals surface area (Å²) in [7, 11) is 2.63. The number of aliphatic hydroxyl groups excluding tert-OH is 1. The summed E-state index contributed by atoms with van der Waals surface area (Å²) in [6.45, 7) is 6.43. The highest BCUT2D eigenvalue weighted by atomic mass is 35.5. The maximum absolute atomic E-state index is 15.4. The number of rotatable bonds is 47. The zero-order valence-corrected chi connectivity index (χ0v) is 68.4. The number of likely N-dealkylation sites (N-methyl/N-ethyl adjacent to an activating group) is 2. The number of halogens is 1. The Morgan fingerprint density at radius 3 is 1.72 bits per heavy atom. The second-order valence-corrected chi connectivity index (χ2v) is 30.3. The van der Waals surface area contributed by atoms with Crippen LogP contribution in [-0.4, -0.2) is 220 Å². The number of phenols is 1. The third kappa shape index (κ3) is 30.3. The molecule has 1 saturated heterocycles. The van der Waals surface area contributed by atoms with Crippen LogP contribution in [0, 0.1) is 5.41 Å². The van der Waals surface area contributed by atoms with E-state index < -0.39 is 138 Å². The van der Waals surface area contributed by atoms with E-state index >= 15 is 19.2 Å². The average molecular weight is 1650 g/mol. The Labute approximate surface area is 692 Å². The molecule has 0 radical (unpaired) electrons. The fourth-order valence-corrected chi connectivity index (χ4v) is 13.8. The van der Waals surface area contributed by atoms with Gasteiger partial charge < -0.3 is 89.5 Å². The molecule has 1 aromatic heterocycles. The van der Waals surface area contributed by atoms with E-state index in [0.717, 1.165) is 20.6 Å². The molecule has 1 aliphatic rings. The molecule has 9 unspecified atom stereocenters. The standard InChI is InChI=1S/C85H112ClN17O15/c1-7-8-20-64(78(111)97-66(22-12-13-41-91-52(2)3)84(117)103-43-16-23-71(103)85(118)101(5)50-73(87)107)95-77(110)65(21-11-14-42-92-74(108)38-39-75(109)94-62-34-30-59(31-35-62)76(88)89)96-82(115)72(48-55-27-36-63(106)37-28-55)102(6)83(116)70(51-104)100-81(114)69(47-57-17-15-40-90-49-57)99-80(113)68(45-54-25-32-61(86)33-26-54)98-79(112)67(93-53(4)105)46-56-24-29-58-18-9-10-19-60(58)44-56/h9-10,15,17-19,24-37,40,44,49,52,64-72,91,104,106H,7-8,11-14,16,20-23,38-39,41-43,45-48,50-51H2,1-6H3,(H2,87,107)(H3,88,89)(H,92,108)(H,93,105)(H,94,109)(H,95,110)(H,96,115)(H,97,111)(H,98,112)(H,99,113)(H,100,114). The number of nitrogens with one attached hydrogen (secondary N) is 11. The molecular formula is C85H112ClN17O15. The summed E-state index contributed by atoms with van der Waals surface area (Å²) < 4.78 is 0. The van der Waals surface area contributed by atoms with Gasteiger partial charge >= 0.3 is 0 Å². The molecule has 0 aliphatic carbocycles. The highest BCUT2D eigenvalue weighted by Gasteiger charge is 2.41. The lowest BCUT2D eigenvalue weighted by atomic mass is 9.99. The van der Waals surface area contributed by atoms with Crippen molar-refractivity contribution in [3.63, 3.8) is 0 Å². The van der Waals surface area contributed by atoms with Crippen molar-refractivity contribution in [2.75, 3.05) is 52.2 Å². The van der Waals surface area contributed by atoms with Crippen LogP contribution in [0.25, 0.3) is 10.8 Å². The molecule has 118 heavy (non-hydrogen) atoms. The highest BCUT2D eigenvalue weighted by molar-refractivity contribution is 6.30. The maximum Gasteiger partial charge on any atom is 0.247 e. The molecule has 1 aliphatic heterocycles. The second kappa shape index (κ2) is 47.3. The molecule has 0 saturated carbocycles. The number of anilines is 1. The molecule has 0 spiro atoms. The average Bonchev–Trinajstić information content (AvgIpc) is 1.71. The van der Waals surface area contributed by atoms with Gasteiger partial charge in [-0.1, -0.05) is 118 Å². The van der Waals surface area contributed by atoms with Crippen molar-refractivity contribution in [3.8, 4) is 5.75 Å². The first-order valence-electron chi connectivity index (χ1n) is 39.8. The van der Waals surface area contributed by atoms with Gasteiger partial charge in [0.25, 0.3) is 0 Å². The minimum Gasteiger partial charge on any atom is -0.508 e. The van der Waals surface area contributed by atoms with Crippen LogP contribution in [0.5, 0.6) is 5.75 Å². The van der Waals surface area contributed by atoms with Gasteiger partial charge in [0.2, 0.25) is 76.8 Å². The predicted molar refractivity (Wildman–Crippen MR) is 446 cm³/mol. The quantitative estimate of drug-likeness (QED) is 0.0148. The molecule has 33 heteroatoms. The number of aromatic hydroxyl groups is 1. The Balaban J connectivity index is 1.16. The fraction of sp³-hybridized carbons (Fsp3) is 0.447. The van der Waals surface area contributed by atoms with Crippen molar-refractivity contribution in [2.24, 2.45) is 11.5 Å². The van der Waals surface area contributed by atoms with Crippen LogP contribution in [0.2, 0.25) is 5.02 Å². The topological polar surface area (TPSA) is 481 Å². The monoisotopic (exact) mass is 1650 g/mol. The number of amidine groups is 1. The number of aliphatic hydroxyl groups is 1. The zero-order chi connectivity index (χ0) is 86.0. The first-order chi connectivity index (χ1) is 56.4. The number of aromatic nitrogens is 1. The van der Waals surface area contributed by atoms with Crippen molar-refractivity contribution >= 4 is 111 Å². The molecule has 2 heterocycles. The Morgan fingerprint density at radius 2 is 1.12 bits per heavy atom. The van der Waals surface area contributed by atoms with Gasteiger partial charge in [-0.15, -0.1) is 0 Å². The normalized spacial score (nSPS) is 14.4. The summed E-state index contributed by atoms with van der Waals surface area (Å²) >= 11 is 6.27. The van der Waals surface area contributed by atoms with Crippen LogP contribution in [0.1, 0.15) is 139 Å². The van der Waals surface area contributed by atoms with E-state index in [4.69, 9.17) is 28.5 Å². The van der Waals surface area contributed by atoms with Crippen LogP contribution in [0.3, 0.4) is 0 Å². The molecule has 6 aromatic rings. The third-order valence-corrected chi connectivity index (χ3v) is 20.4. The first-order valence-corrected chi connectivity index (χ1v) is 40.2. The molecular weight excluding hydrogens is 1530 g/mol. The number of pyridine rings is 1. The van der Waals surface area contributed by atoms with E-state index in [-0.39, 0.29) is 114 Å². The van der Waals surface area contributed by atoms with Gasteiger partial charge in [0.1, 0.15) is 66.0 Å². The van der Waals surface area contributed by atoms with Gasteiger partial charge in [-0.2, -0.15) is 0 Å². The Hall–Kier alpha value is -11.9. The lowest BCUT2D eigenvalue weighted by Crippen LogP contribution is -2.61. The van der Waals surface area contributed by atoms with E-state index in [9.17, 15) is 53.4 Å². The molecule has 13 amide bonds. The summed E-state index contributed by atoms with van der Waals surface area (Å²) in [5.41, 5.74) is 13.9. The number of hydrogen-bond donors (Lipinski definition) is 15. The smallest absolute Gasteiger partial charge is 0.247 e. The summed E-state index contributed by atoms with van der Waals surface area (Å²) in [4.78, 5) is 192. The summed E-state index contributed by atoms with van der Waals surface area (Å²) in [6, 6.07) is 22.3. The molecule has 32 nitrogen and oxygen atoms in total. The Bertz CT molecular complexity index is 4430. The van der Waals surface area contributed by atoms with E-state index in [1.807, 2.05) is 63.2 Å². The van der Waals surface area contributed by atoms with Gasteiger partial charge in [-0.05, 0) is 152 Å². The molecule has 7 rings (SSSR count). The van der Waals surface area contributed by atoms with Crippen molar-refractivity contribution in [1.29, 1.82) is 5.41 Å². The van der Waals surface area contributed by atoms with Gasteiger partial charge in [-0.25, -0.2) is 0 Å². The van der Waals surface area contributed by atoms with Crippen molar-refractivity contribution < 1.29 is 72.5 Å². The van der Waals surface area contributed by atoms with E-state index in [1.165, 1.54) is 62.6 Å². The third-order valence-electron chi connectivity index (χ3n) is 20.1. The first kappa shape index (κ1) is 93.3. The second-order valence-electron chi connectivity index (χ2n) is 29.9. The Kier molecular flexibility index (Phi) is 37.4. The molecule has 0 bridgehead atoms. The fourth-order valence-electron chi connectivity index (χ4n) is 13.7. The largest absolute Gasteiger partial charge is 0.508 e. The highest BCUT2D eigenvalue weighted by Crippen LogP contribution is 2.24. The van der Waals surface area contributed by atoms with Crippen LogP contribution in [0.4, 0.5) is 5.69 Å². The number of likely N-dealkylation sites (tertiary alicyclic amines) is 1.